The third-order valence-corrected chi connectivity index (χ3v) is 3.48. The van der Waals surface area contributed by atoms with Crippen molar-refractivity contribution in [1.29, 1.82) is 0 Å². The number of amides is 2. The molecule has 1 fully saturated rings. The molecule has 1 aliphatic rings. The Balaban J connectivity index is 1.74. The molecule has 1 saturated heterocycles. The summed E-state index contributed by atoms with van der Waals surface area (Å²) in [6.45, 7) is 6.44. The maximum absolute atomic E-state index is 11.8. The topological polar surface area (TPSA) is 98.2 Å². The van der Waals surface area contributed by atoms with Crippen molar-refractivity contribution < 1.29 is 23.8 Å². The molecule has 2 N–H and O–H groups in total. The first-order valence-corrected chi connectivity index (χ1v) is 8.48. The van der Waals surface area contributed by atoms with Crippen LogP contribution >= 0.6 is 0 Å². The number of hydrogen-bond donors (Lipinski definition) is 2. The molecular formula is C18H25N3O5. The van der Waals surface area contributed by atoms with E-state index in [-0.39, 0.29) is 30.9 Å². The van der Waals surface area contributed by atoms with Gasteiger partial charge in [0.2, 0.25) is 5.91 Å². The number of hydrogen-bond acceptors (Lipinski definition) is 6. The molecule has 0 aliphatic carbocycles. The molecule has 1 aromatic rings. The fraction of sp³-hybridized carbons (Fsp3) is 0.500. The molecule has 0 bridgehead atoms. The monoisotopic (exact) mass is 363 g/mol. The molecule has 1 heterocycles. The average molecular weight is 363 g/mol. The third-order valence-electron chi connectivity index (χ3n) is 3.48. The van der Waals surface area contributed by atoms with Crippen molar-refractivity contribution in [2.24, 2.45) is 5.10 Å². The molecule has 8 nitrogen and oxygen atoms in total. The number of carbonyl (C=O) groups excluding carboxylic acids is 2. The van der Waals surface area contributed by atoms with Gasteiger partial charge >= 0.3 is 0 Å². The molecule has 26 heavy (non-hydrogen) atoms. The Bertz CT molecular complexity index is 637. The molecule has 8 heteroatoms. The first-order valence-electron chi connectivity index (χ1n) is 8.48. The highest BCUT2D eigenvalue weighted by Crippen LogP contribution is 2.22. The molecule has 142 valence electrons. The largest absolute Gasteiger partial charge is 0.484 e. The number of hydrazone groups is 1. The van der Waals surface area contributed by atoms with E-state index in [1.54, 1.807) is 31.2 Å². The Labute approximate surface area is 152 Å². The van der Waals surface area contributed by atoms with Crippen molar-refractivity contribution >= 4 is 18.0 Å². The highest BCUT2D eigenvalue weighted by Gasteiger charge is 2.33. The summed E-state index contributed by atoms with van der Waals surface area (Å²) < 4.78 is 16.1. The van der Waals surface area contributed by atoms with Crippen LogP contribution in [0, 0.1) is 0 Å². The second kappa shape index (κ2) is 9.30. The lowest BCUT2D eigenvalue weighted by molar-refractivity contribution is -0.159. The summed E-state index contributed by atoms with van der Waals surface area (Å²) in [5.41, 5.74) is 3.22. The molecule has 0 saturated carbocycles. The van der Waals surface area contributed by atoms with Gasteiger partial charge in [-0.05, 0) is 50.6 Å². The van der Waals surface area contributed by atoms with Crippen molar-refractivity contribution in [2.75, 3.05) is 19.8 Å². The van der Waals surface area contributed by atoms with Crippen molar-refractivity contribution in [3.05, 3.63) is 29.8 Å². The molecule has 2 rings (SSSR count). The maximum atomic E-state index is 11.8. The Morgan fingerprint density at radius 2 is 1.88 bits per heavy atom. The minimum absolute atomic E-state index is 0.0371. The first kappa shape index (κ1) is 19.9. The SMILES string of the molecule is CC(C)NC(=O)COc1ccc(/C=N\NC(=O)CC2(C)OCCO2)cc1. The fourth-order valence-electron chi connectivity index (χ4n) is 2.33. The van der Waals surface area contributed by atoms with Gasteiger partial charge in [0.05, 0.1) is 25.8 Å². The van der Waals surface area contributed by atoms with E-state index >= 15 is 0 Å². The molecule has 1 aromatic carbocycles. The van der Waals surface area contributed by atoms with E-state index in [2.05, 4.69) is 15.8 Å². The number of ether oxygens (including phenoxy) is 3. The first-order chi connectivity index (χ1) is 12.4. The quantitative estimate of drug-likeness (QED) is 0.534. The van der Waals surface area contributed by atoms with Gasteiger partial charge < -0.3 is 19.5 Å². The highest BCUT2D eigenvalue weighted by molar-refractivity contribution is 5.82. The van der Waals surface area contributed by atoms with Crippen LogP contribution in [-0.4, -0.2) is 49.7 Å². The number of nitrogens with zero attached hydrogens (tertiary/aromatic N) is 1. The van der Waals surface area contributed by atoms with Crippen LogP contribution in [0.2, 0.25) is 0 Å². The van der Waals surface area contributed by atoms with E-state index in [1.165, 1.54) is 6.21 Å². The zero-order valence-electron chi connectivity index (χ0n) is 15.3. The van der Waals surface area contributed by atoms with Gasteiger partial charge in [-0.2, -0.15) is 5.10 Å². The van der Waals surface area contributed by atoms with Gasteiger partial charge in [0, 0.05) is 6.04 Å². The Hall–Kier alpha value is -2.45. The average Bonchev–Trinajstić information content (AvgIpc) is 2.99. The van der Waals surface area contributed by atoms with E-state index in [0.29, 0.717) is 19.0 Å². The van der Waals surface area contributed by atoms with Crippen LogP contribution in [0.4, 0.5) is 0 Å². The zero-order valence-corrected chi connectivity index (χ0v) is 15.3. The van der Waals surface area contributed by atoms with Crippen LogP contribution in [-0.2, 0) is 19.1 Å². The van der Waals surface area contributed by atoms with Gasteiger partial charge in [0.1, 0.15) is 5.75 Å². The van der Waals surface area contributed by atoms with E-state index in [0.717, 1.165) is 5.56 Å². The summed E-state index contributed by atoms with van der Waals surface area (Å²) in [5, 5.41) is 6.66. The summed E-state index contributed by atoms with van der Waals surface area (Å²) in [4.78, 5) is 23.4. The fourth-order valence-corrected chi connectivity index (χ4v) is 2.33. The number of rotatable bonds is 8. The molecule has 0 radical (unpaired) electrons. The normalized spacial score (nSPS) is 16.0. The minimum atomic E-state index is -0.875. The molecule has 0 unspecified atom stereocenters. The molecule has 1 aliphatic heterocycles. The standard InChI is InChI=1S/C18H25N3O5/c1-13(2)20-17(23)12-24-15-6-4-14(5-7-15)11-19-21-16(22)10-18(3)25-8-9-26-18/h4-7,11,13H,8-10,12H2,1-3H3,(H,20,23)(H,21,22)/b19-11-. The van der Waals surface area contributed by atoms with Gasteiger partial charge in [-0.1, -0.05) is 0 Å². The molecule has 2 amide bonds. The van der Waals surface area contributed by atoms with Gasteiger partial charge in [0.25, 0.3) is 5.91 Å². The van der Waals surface area contributed by atoms with Gasteiger partial charge in [-0.3, -0.25) is 9.59 Å². The summed E-state index contributed by atoms with van der Waals surface area (Å²) in [5.74, 6) is -0.756. The summed E-state index contributed by atoms with van der Waals surface area (Å²) >= 11 is 0. The molecular weight excluding hydrogens is 338 g/mol. The second-order valence-electron chi connectivity index (χ2n) is 6.38. The van der Waals surface area contributed by atoms with Crippen LogP contribution in [0.3, 0.4) is 0 Å². The number of carbonyl (C=O) groups is 2. The van der Waals surface area contributed by atoms with Gasteiger partial charge in [0.15, 0.2) is 12.4 Å². The predicted octanol–water partition coefficient (Wildman–Crippen LogP) is 1.19. The van der Waals surface area contributed by atoms with E-state index in [9.17, 15) is 9.59 Å². The van der Waals surface area contributed by atoms with Crippen LogP contribution in [0.5, 0.6) is 5.75 Å². The predicted molar refractivity (Wildman–Crippen MR) is 95.9 cm³/mol. The highest BCUT2D eigenvalue weighted by atomic mass is 16.7. The lowest BCUT2D eigenvalue weighted by Gasteiger charge is -2.20. The van der Waals surface area contributed by atoms with Gasteiger partial charge in [-0.25, -0.2) is 5.43 Å². The van der Waals surface area contributed by atoms with Gasteiger partial charge in [-0.15, -0.1) is 0 Å². The second-order valence-corrected chi connectivity index (χ2v) is 6.38. The molecule has 0 atom stereocenters. The molecule has 0 spiro atoms. The molecule has 0 aromatic heterocycles. The Kier molecular flexibility index (Phi) is 7.11. The maximum Gasteiger partial charge on any atom is 0.258 e. The minimum Gasteiger partial charge on any atom is -0.484 e. The summed E-state index contributed by atoms with van der Waals surface area (Å²) in [6, 6.07) is 7.08. The lowest BCUT2D eigenvalue weighted by Crippen LogP contribution is -2.34. The number of nitrogens with one attached hydrogen (secondary N) is 2. The number of benzene rings is 1. The van der Waals surface area contributed by atoms with E-state index in [1.807, 2.05) is 13.8 Å². The van der Waals surface area contributed by atoms with Crippen molar-refractivity contribution in [2.45, 2.75) is 39.0 Å². The van der Waals surface area contributed by atoms with Crippen LogP contribution in [0.25, 0.3) is 0 Å². The smallest absolute Gasteiger partial charge is 0.258 e. The third kappa shape index (κ3) is 6.81. The Morgan fingerprint density at radius 1 is 1.23 bits per heavy atom. The van der Waals surface area contributed by atoms with Crippen LogP contribution in [0.1, 0.15) is 32.8 Å². The van der Waals surface area contributed by atoms with E-state index < -0.39 is 5.79 Å². The van der Waals surface area contributed by atoms with Crippen molar-refractivity contribution in [3.63, 3.8) is 0 Å². The van der Waals surface area contributed by atoms with Crippen molar-refractivity contribution in [3.8, 4) is 5.75 Å². The van der Waals surface area contributed by atoms with E-state index in [4.69, 9.17) is 14.2 Å². The van der Waals surface area contributed by atoms with Crippen LogP contribution in [0.15, 0.2) is 29.4 Å². The van der Waals surface area contributed by atoms with Crippen LogP contribution < -0.4 is 15.5 Å². The lowest BCUT2D eigenvalue weighted by atomic mass is 10.2. The summed E-state index contributed by atoms with van der Waals surface area (Å²) in [6.07, 6.45) is 1.60. The van der Waals surface area contributed by atoms with Crippen molar-refractivity contribution in [1.82, 2.24) is 10.7 Å². The summed E-state index contributed by atoms with van der Waals surface area (Å²) in [7, 11) is 0. The zero-order chi connectivity index (χ0) is 19.0. The Morgan fingerprint density at radius 3 is 2.50 bits per heavy atom.